The second kappa shape index (κ2) is 7.96. The van der Waals surface area contributed by atoms with Crippen molar-refractivity contribution >= 4 is 5.97 Å². The Morgan fingerprint density at radius 1 is 1.50 bits per heavy atom. The first kappa shape index (κ1) is 17.4. The number of likely N-dealkylation sites (tertiary alicyclic amines) is 1. The fourth-order valence-electron chi connectivity index (χ4n) is 3.09. The van der Waals surface area contributed by atoms with Gasteiger partial charge in [0.05, 0.1) is 6.61 Å². The van der Waals surface area contributed by atoms with Gasteiger partial charge >= 0.3 is 5.97 Å². The summed E-state index contributed by atoms with van der Waals surface area (Å²) in [5, 5.41) is 3.28. The molecule has 0 radical (unpaired) electrons. The Bertz CT molecular complexity index is 311. The minimum atomic E-state index is -0.621. The van der Waals surface area contributed by atoms with Crippen LogP contribution in [-0.2, 0) is 9.53 Å². The molecule has 0 spiro atoms. The average molecular weight is 285 g/mol. The lowest BCUT2D eigenvalue weighted by atomic mass is 10.0. The third-order valence-electron chi connectivity index (χ3n) is 3.94. The van der Waals surface area contributed by atoms with Crippen LogP contribution in [0.3, 0.4) is 0 Å². The number of nitrogens with zero attached hydrogens (tertiary/aromatic N) is 2. The van der Waals surface area contributed by atoms with Crippen LogP contribution in [0.25, 0.3) is 0 Å². The van der Waals surface area contributed by atoms with Crippen molar-refractivity contribution in [3.63, 3.8) is 0 Å². The van der Waals surface area contributed by atoms with E-state index in [9.17, 15) is 4.79 Å². The van der Waals surface area contributed by atoms with E-state index in [1.54, 1.807) is 0 Å². The molecule has 1 fully saturated rings. The summed E-state index contributed by atoms with van der Waals surface area (Å²) in [4.78, 5) is 16.8. The molecule has 0 amide bonds. The highest BCUT2D eigenvalue weighted by molar-refractivity contribution is 5.80. The number of nitrogens with one attached hydrogen (secondary N) is 1. The van der Waals surface area contributed by atoms with Gasteiger partial charge in [-0.2, -0.15) is 0 Å². The average Bonchev–Trinajstić information content (AvgIpc) is 2.74. The Labute approximate surface area is 123 Å². The van der Waals surface area contributed by atoms with Crippen molar-refractivity contribution in [2.75, 3.05) is 53.4 Å². The second-order valence-electron chi connectivity index (χ2n) is 6.20. The number of hydrogen-bond acceptors (Lipinski definition) is 5. The standard InChI is InChI=1S/C15H31N3O2/c1-6-16-15(3,14(19)20-7-2)12-18(5)11-13-8-9-17(4)10-13/h13,16H,6-12H2,1-5H3. The first-order chi connectivity index (χ1) is 9.41. The molecule has 0 saturated carbocycles. The van der Waals surface area contributed by atoms with Crippen LogP contribution in [0.5, 0.6) is 0 Å². The fraction of sp³-hybridized carbons (Fsp3) is 0.933. The van der Waals surface area contributed by atoms with E-state index in [0.29, 0.717) is 19.1 Å². The van der Waals surface area contributed by atoms with Crippen molar-refractivity contribution in [1.82, 2.24) is 15.1 Å². The molecule has 0 bridgehead atoms. The first-order valence-electron chi connectivity index (χ1n) is 7.70. The van der Waals surface area contributed by atoms with Gasteiger partial charge in [0.15, 0.2) is 0 Å². The zero-order valence-corrected chi connectivity index (χ0v) is 13.7. The molecule has 2 atom stereocenters. The predicted molar refractivity (Wildman–Crippen MR) is 81.8 cm³/mol. The van der Waals surface area contributed by atoms with E-state index < -0.39 is 5.54 Å². The van der Waals surface area contributed by atoms with Gasteiger partial charge < -0.3 is 19.9 Å². The Morgan fingerprint density at radius 2 is 2.20 bits per heavy atom. The van der Waals surface area contributed by atoms with Crippen LogP contribution >= 0.6 is 0 Å². The number of carbonyl (C=O) groups excluding carboxylic acids is 1. The SMILES string of the molecule is CCNC(C)(CN(C)CC1CCN(C)C1)C(=O)OCC. The topological polar surface area (TPSA) is 44.8 Å². The molecule has 1 aliphatic rings. The maximum atomic E-state index is 12.2. The Balaban J connectivity index is 2.53. The minimum absolute atomic E-state index is 0.155. The maximum Gasteiger partial charge on any atom is 0.327 e. The van der Waals surface area contributed by atoms with Gasteiger partial charge in [-0.25, -0.2) is 0 Å². The maximum absolute atomic E-state index is 12.2. The van der Waals surface area contributed by atoms with Gasteiger partial charge in [-0.1, -0.05) is 6.92 Å². The molecule has 20 heavy (non-hydrogen) atoms. The molecule has 0 aromatic heterocycles. The molecular formula is C15H31N3O2. The van der Waals surface area contributed by atoms with Crippen LogP contribution in [0, 0.1) is 5.92 Å². The summed E-state index contributed by atoms with van der Waals surface area (Å²) in [6.45, 7) is 11.0. The zero-order chi connectivity index (χ0) is 15.2. The number of rotatable bonds is 8. The predicted octanol–water partition coefficient (Wildman–Crippen LogP) is 0.801. The zero-order valence-electron chi connectivity index (χ0n) is 13.7. The largest absolute Gasteiger partial charge is 0.465 e. The van der Waals surface area contributed by atoms with Crippen LogP contribution in [0.4, 0.5) is 0 Å². The molecule has 5 nitrogen and oxygen atoms in total. The number of likely N-dealkylation sites (N-methyl/N-ethyl adjacent to an activating group) is 2. The molecule has 1 aliphatic heterocycles. The minimum Gasteiger partial charge on any atom is -0.465 e. The number of carbonyl (C=O) groups is 1. The lowest BCUT2D eigenvalue weighted by Gasteiger charge is -2.33. The van der Waals surface area contributed by atoms with Crippen molar-refractivity contribution in [3.05, 3.63) is 0 Å². The van der Waals surface area contributed by atoms with Crippen molar-refractivity contribution in [2.45, 2.75) is 32.7 Å². The smallest absolute Gasteiger partial charge is 0.327 e. The lowest BCUT2D eigenvalue weighted by molar-refractivity contribution is -0.151. The van der Waals surface area contributed by atoms with E-state index in [2.05, 4.69) is 29.2 Å². The molecule has 1 saturated heterocycles. The summed E-state index contributed by atoms with van der Waals surface area (Å²) in [5.41, 5.74) is -0.621. The Morgan fingerprint density at radius 3 is 2.70 bits per heavy atom. The van der Waals surface area contributed by atoms with Crippen molar-refractivity contribution in [1.29, 1.82) is 0 Å². The van der Waals surface area contributed by atoms with E-state index >= 15 is 0 Å². The second-order valence-corrected chi connectivity index (χ2v) is 6.20. The van der Waals surface area contributed by atoms with Crippen molar-refractivity contribution < 1.29 is 9.53 Å². The highest BCUT2D eigenvalue weighted by Crippen LogP contribution is 2.17. The molecule has 1 rings (SSSR count). The summed E-state index contributed by atoms with van der Waals surface area (Å²) in [6, 6.07) is 0. The molecule has 5 heteroatoms. The summed E-state index contributed by atoms with van der Waals surface area (Å²) in [5.74, 6) is 0.551. The van der Waals surface area contributed by atoms with Gasteiger partial charge in [0.1, 0.15) is 5.54 Å². The molecular weight excluding hydrogens is 254 g/mol. The van der Waals surface area contributed by atoms with Gasteiger partial charge in [-0.05, 0) is 53.4 Å². The molecule has 0 aromatic rings. The van der Waals surface area contributed by atoms with Crippen LogP contribution in [-0.4, -0.2) is 74.7 Å². The fourth-order valence-corrected chi connectivity index (χ4v) is 3.09. The van der Waals surface area contributed by atoms with Gasteiger partial charge in [0.2, 0.25) is 0 Å². The van der Waals surface area contributed by atoms with Crippen molar-refractivity contribution in [2.24, 2.45) is 5.92 Å². The first-order valence-corrected chi connectivity index (χ1v) is 7.70. The third kappa shape index (κ3) is 5.04. The van der Waals surface area contributed by atoms with Gasteiger partial charge in [0, 0.05) is 19.6 Å². The summed E-state index contributed by atoms with van der Waals surface area (Å²) >= 11 is 0. The van der Waals surface area contributed by atoms with Gasteiger partial charge in [0.25, 0.3) is 0 Å². The number of ether oxygens (including phenoxy) is 1. The third-order valence-corrected chi connectivity index (χ3v) is 3.94. The lowest BCUT2D eigenvalue weighted by Crippen LogP contribution is -2.57. The van der Waals surface area contributed by atoms with Crippen LogP contribution in [0.15, 0.2) is 0 Å². The molecule has 1 heterocycles. The van der Waals surface area contributed by atoms with Gasteiger partial charge in [-0.15, -0.1) is 0 Å². The van der Waals surface area contributed by atoms with E-state index in [0.717, 1.165) is 19.6 Å². The van der Waals surface area contributed by atoms with Crippen LogP contribution in [0.1, 0.15) is 27.2 Å². The Kier molecular flexibility index (Phi) is 6.92. The van der Waals surface area contributed by atoms with Gasteiger partial charge in [-0.3, -0.25) is 4.79 Å². The number of esters is 1. The summed E-state index contributed by atoms with van der Waals surface area (Å²) in [7, 11) is 4.26. The highest BCUT2D eigenvalue weighted by atomic mass is 16.5. The molecule has 1 N–H and O–H groups in total. The van der Waals surface area contributed by atoms with E-state index in [4.69, 9.17) is 4.74 Å². The van der Waals surface area contributed by atoms with E-state index in [1.165, 1.54) is 13.0 Å². The highest BCUT2D eigenvalue weighted by Gasteiger charge is 2.35. The van der Waals surface area contributed by atoms with Crippen LogP contribution in [0.2, 0.25) is 0 Å². The normalized spacial score (nSPS) is 23.0. The summed E-state index contributed by atoms with van der Waals surface area (Å²) < 4.78 is 5.21. The molecule has 0 aliphatic carbocycles. The van der Waals surface area contributed by atoms with E-state index in [-0.39, 0.29) is 5.97 Å². The quantitative estimate of drug-likeness (QED) is 0.668. The molecule has 0 aromatic carbocycles. The molecule has 118 valence electrons. The van der Waals surface area contributed by atoms with Crippen LogP contribution < -0.4 is 5.32 Å². The monoisotopic (exact) mass is 285 g/mol. The summed E-state index contributed by atoms with van der Waals surface area (Å²) in [6.07, 6.45) is 1.25. The molecule has 2 unspecified atom stereocenters. The van der Waals surface area contributed by atoms with E-state index in [1.807, 2.05) is 20.8 Å². The number of hydrogen-bond donors (Lipinski definition) is 1. The Hall–Kier alpha value is -0.650. The van der Waals surface area contributed by atoms with Crippen molar-refractivity contribution in [3.8, 4) is 0 Å².